The highest BCUT2D eigenvalue weighted by atomic mass is 19.3. The number of likely N-dealkylation sites (tertiary alicyclic amines) is 1. The fourth-order valence-corrected chi connectivity index (χ4v) is 4.57. The van der Waals surface area contributed by atoms with Gasteiger partial charge in [-0.25, -0.2) is 8.78 Å². The molecule has 0 saturated carbocycles. The van der Waals surface area contributed by atoms with Crippen LogP contribution in [0.5, 0.6) is 0 Å². The van der Waals surface area contributed by atoms with Crippen LogP contribution in [-0.2, 0) is 6.54 Å². The zero-order chi connectivity index (χ0) is 23.1. The molecule has 1 saturated heterocycles. The van der Waals surface area contributed by atoms with Crippen LogP contribution in [0.2, 0.25) is 0 Å². The Morgan fingerprint density at radius 3 is 2.59 bits per heavy atom. The maximum atomic E-state index is 13.9. The average Bonchev–Trinajstić information content (AvgIpc) is 3.15. The fraction of sp³-hybridized carbons (Fsp3) is 0.500. The van der Waals surface area contributed by atoms with Crippen LogP contribution in [0, 0.1) is 5.92 Å². The van der Waals surface area contributed by atoms with E-state index in [1.165, 1.54) is 44.3 Å². The van der Waals surface area contributed by atoms with E-state index in [0.29, 0.717) is 5.56 Å². The minimum Gasteiger partial charge on any atom is -0.347 e. The summed E-state index contributed by atoms with van der Waals surface area (Å²) in [6.45, 7) is 13.0. The zero-order valence-corrected chi connectivity index (χ0v) is 19.9. The third-order valence-corrected chi connectivity index (χ3v) is 6.80. The number of rotatable bonds is 10. The van der Waals surface area contributed by atoms with Gasteiger partial charge in [0.25, 0.3) is 5.92 Å². The fourth-order valence-electron chi connectivity index (χ4n) is 4.57. The molecule has 1 aliphatic rings. The molecule has 2 aromatic rings. The molecule has 3 rings (SSSR count). The van der Waals surface area contributed by atoms with Crippen molar-refractivity contribution < 1.29 is 8.78 Å². The third-order valence-electron chi connectivity index (χ3n) is 6.80. The number of aromatic nitrogens is 1. The van der Waals surface area contributed by atoms with Gasteiger partial charge in [0.2, 0.25) is 0 Å². The topological polar surface area (TPSA) is 8.17 Å². The van der Waals surface area contributed by atoms with E-state index in [4.69, 9.17) is 0 Å². The molecular weight excluding hydrogens is 402 g/mol. The molecule has 0 aliphatic carbocycles. The Labute approximate surface area is 192 Å². The minimum absolute atomic E-state index is 0.106. The molecule has 0 amide bonds. The van der Waals surface area contributed by atoms with Crippen molar-refractivity contribution in [1.29, 1.82) is 0 Å². The van der Waals surface area contributed by atoms with Crippen LogP contribution < -0.4 is 0 Å². The molecule has 1 fully saturated rings. The van der Waals surface area contributed by atoms with Gasteiger partial charge < -0.3 is 9.47 Å². The van der Waals surface area contributed by atoms with Crippen LogP contribution in [0.25, 0.3) is 16.5 Å². The van der Waals surface area contributed by atoms with E-state index in [2.05, 4.69) is 48.1 Å². The first-order chi connectivity index (χ1) is 15.3. The Balaban J connectivity index is 1.48. The number of hydrogen-bond acceptors (Lipinski definition) is 1. The molecule has 0 unspecified atom stereocenters. The molecule has 4 heteroatoms. The molecule has 1 aromatic heterocycles. The van der Waals surface area contributed by atoms with Crippen LogP contribution in [-0.4, -0.2) is 35.0 Å². The summed E-state index contributed by atoms with van der Waals surface area (Å²) in [4.78, 5) is 2.56. The van der Waals surface area contributed by atoms with Gasteiger partial charge >= 0.3 is 0 Å². The number of benzene rings is 1. The molecule has 0 spiro atoms. The van der Waals surface area contributed by atoms with E-state index in [9.17, 15) is 8.78 Å². The molecule has 1 aromatic carbocycles. The molecule has 0 radical (unpaired) electrons. The van der Waals surface area contributed by atoms with Gasteiger partial charge in [-0.15, -0.1) is 0 Å². The number of piperidine rings is 1. The SMILES string of the molecule is C=C(c1cn(CCCN2CCC(CC/C=C\C(C)=C/C)CC2)c2ccccc12)C(C)(F)F. The Hall–Kier alpha value is -2.20. The maximum absolute atomic E-state index is 13.9. The summed E-state index contributed by atoms with van der Waals surface area (Å²) in [7, 11) is 0. The van der Waals surface area contributed by atoms with E-state index in [1.807, 2.05) is 30.5 Å². The van der Waals surface area contributed by atoms with Gasteiger partial charge in [-0.05, 0) is 77.6 Å². The summed E-state index contributed by atoms with van der Waals surface area (Å²) in [5, 5.41) is 0.860. The van der Waals surface area contributed by atoms with Gasteiger partial charge in [-0.2, -0.15) is 0 Å². The number of aryl methyl sites for hydroxylation is 1. The molecule has 174 valence electrons. The summed E-state index contributed by atoms with van der Waals surface area (Å²) in [6, 6.07) is 7.80. The molecule has 2 nitrogen and oxygen atoms in total. The van der Waals surface area contributed by atoms with Crippen LogP contribution in [0.1, 0.15) is 58.4 Å². The van der Waals surface area contributed by atoms with Gasteiger partial charge in [0.05, 0.1) is 0 Å². The van der Waals surface area contributed by atoms with Crippen LogP contribution in [0.4, 0.5) is 8.78 Å². The molecule has 0 bridgehead atoms. The van der Waals surface area contributed by atoms with E-state index in [1.54, 1.807) is 0 Å². The second-order valence-electron chi connectivity index (χ2n) is 9.27. The monoisotopic (exact) mass is 440 g/mol. The predicted octanol–water partition coefficient (Wildman–Crippen LogP) is 7.71. The minimum atomic E-state index is -2.92. The zero-order valence-electron chi connectivity index (χ0n) is 19.9. The number of hydrogen-bond donors (Lipinski definition) is 0. The van der Waals surface area contributed by atoms with E-state index < -0.39 is 5.92 Å². The lowest BCUT2D eigenvalue weighted by Gasteiger charge is -2.31. The Morgan fingerprint density at radius 1 is 1.19 bits per heavy atom. The Kier molecular flexibility index (Phi) is 8.47. The number of halogens is 2. The lowest BCUT2D eigenvalue weighted by molar-refractivity contribution is 0.0897. The standard InChI is InChI=1S/C28H38F2N2/c1-5-22(2)11-6-7-12-24-15-19-31(20-16-24)17-10-18-32-21-26(23(3)28(4,29)30)25-13-8-9-14-27(25)32/h5-6,8-9,11,13-14,21,24H,3,7,10,12,15-20H2,1-2,4H3/b11-6-,22-5-. The lowest BCUT2D eigenvalue weighted by atomic mass is 9.92. The highest BCUT2D eigenvalue weighted by Gasteiger charge is 2.29. The molecule has 32 heavy (non-hydrogen) atoms. The van der Waals surface area contributed by atoms with Crippen molar-refractivity contribution in [3.05, 3.63) is 66.4 Å². The van der Waals surface area contributed by atoms with Crippen molar-refractivity contribution in [2.45, 2.75) is 65.3 Å². The second-order valence-corrected chi connectivity index (χ2v) is 9.27. The number of allylic oxidation sites excluding steroid dienone is 5. The molecule has 2 heterocycles. The molecule has 0 atom stereocenters. The van der Waals surface area contributed by atoms with Gasteiger partial charge in [-0.1, -0.05) is 48.6 Å². The number of fused-ring (bicyclic) bond motifs is 1. The smallest absolute Gasteiger partial charge is 0.270 e. The van der Waals surface area contributed by atoms with E-state index >= 15 is 0 Å². The van der Waals surface area contributed by atoms with Crippen molar-refractivity contribution in [3.8, 4) is 0 Å². The lowest BCUT2D eigenvalue weighted by Crippen LogP contribution is -2.34. The Bertz CT molecular complexity index is 953. The first-order valence-corrected chi connectivity index (χ1v) is 12.0. The molecule has 1 aliphatic heterocycles. The first kappa shape index (κ1) is 24.4. The number of alkyl halides is 2. The van der Waals surface area contributed by atoms with Gasteiger partial charge in [0.1, 0.15) is 0 Å². The highest BCUT2D eigenvalue weighted by molar-refractivity contribution is 5.93. The average molecular weight is 441 g/mol. The number of nitrogens with zero attached hydrogens (tertiary/aromatic N) is 2. The van der Waals surface area contributed by atoms with Gasteiger partial charge in [0, 0.05) is 41.7 Å². The number of para-hydroxylation sites is 1. The quantitative estimate of drug-likeness (QED) is 0.343. The predicted molar refractivity (Wildman–Crippen MR) is 133 cm³/mol. The largest absolute Gasteiger partial charge is 0.347 e. The van der Waals surface area contributed by atoms with Crippen molar-refractivity contribution in [2.24, 2.45) is 5.92 Å². The van der Waals surface area contributed by atoms with Crippen molar-refractivity contribution in [2.75, 3.05) is 19.6 Å². The van der Waals surface area contributed by atoms with Crippen LogP contribution in [0.15, 0.2) is 60.8 Å². The first-order valence-electron chi connectivity index (χ1n) is 12.0. The summed E-state index contributed by atoms with van der Waals surface area (Å²) in [5.74, 6) is -2.08. The van der Waals surface area contributed by atoms with Crippen LogP contribution >= 0.6 is 0 Å². The van der Waals surface area contributed by atoms with Crippen molar-refractivity contribution >= 4 is 16.5 Å². The third kappa shape index (κ3) is 6.41. The van der Waals surface area contributed by atoms with Gasteiger partial charge in [0.15, 0.2) is 0 Å². The van der Waals surface area contributed by atoms with Crippen LogP contribution in [0.3, 0.4) is 0 Å². The normalized spacial score (nSPS) is 17.0. The Morgan fingerprint density at radius 2 is 1.91 bits per heavy atom. The summed E-state index contributed by atoms with van der Waals surface area (Å²) < 4.78 is 29.9. The summed E-state index contributed by atoms with van der Waals surface area (Å²) in [5.41, 5.74) is 2.79. The summed E-state index contributed by atoms with van der Waals surface area (Å²) in [6.07, 6.45) is 14.6. The van der Waals surface area contributed by atoms with Crippen molar-refractivity contribution in [3.63, 3.8) is 0 Å². The molecule has 0 N–H and O–H groups in total. The van der Waals surface area contributed by atoms with Gasteiger partial charge in [-0.3, -0.25) is 0 Å². The van der Waals surface area contributed by atoms with Crippen molar-refractivity contribution in [1.82, 2.24) is 9.47 Å². The molecular formula is C28H38F2N2. The maximum Gasteiger partial charge on any atom is 0.270 e. The summed E-state index contributed by atoms with van der Waals surface area (Å²) >= 11 is 0. The van der Waals surface area contributed by atoms with E-state index in [0.717, 1.165) is 43.3 Å². The second kappa shape index (κ2) is 11.1. The highest BCUT2D eigenvalue weighted by Crippen LogP contribution is 2.35. The van der Waals surface area contributed by atoms with E-state index in [-0.39, 0.29) is 5.57 Å².